The number of anilines is 1. The van der Waals surface area contributed by atoms with E-state index in [0.29, 0.717) is 13.1 Å². The number of thioether (sulfide) groups is 1. The van der Waals surface area contributed by atoms with Crippen molar-refractivity contribution >= 4 is 45.9 Å². The number of likely N-dealkylation sites (tertiary alicyclic amines) is 1. The lowest BCUT2D eigenvalue weighted by Gasteiger charge is -2.41. The Morgan fingerprint density at radius 1 is 0.949 bits per heavy atom. The van der Waals surface area contributed by atoms with Crippen LogP contribution in [0.15, 0.2) is 66.8 Å². The molecule has 6 rings (SSSR count). The highest BCUT2D eigenvalue weighted by molar-refractivity contribution is 8.02. The maximum atomic E-state index is 14.7. The van der Waals surface area contributed by atoms with Crippen molar-refractivity contribution in [3.8, 4) is 0 Å². The minimum atomic E-state index is -0.931. The molecule has 0 bridgehead atoms. The number of likely N-dealkylation sites (N-methyl/N-ethyl adjacent to an activating group) is 1. The molecule has 2 aromatic carbocycles. The third-order valence-corrected chi connectivity index (χ3v) is 10.9. The van der Waals surface area contributed by atoms with Crippen molar-refractivity contribution in [1.29, 1.82) is 0 Å². The molecule has 0 radical (unpaired) electrons. The normalized spacial score (nSPS) is 32.9. The van der Waals surface area contributed by atoms with Gasteiger partial charge in [0.2, 0.25) is 11.8 Å². The number of aliphatic hydroxyl groups is 1. The van der Waals surface area contributed by atoms with E-state index in [1.165, 1.54) is 0 Å². The summed E-state index contributed by atoms with van der Waals surface area (Å²) in [4.78, 5) is 48.0. The predicted octanol–water partition coefficient (Wildman–Crippen LogP) is 3.48. The quantitative estimate of drug-likeness (QED) is 0.595. The molecule has 6 atom stereocenters. The highest BCUT2D eigenvalue weighted by Crippen LogP contribution is 2.66. The van der Waals surface area contributed by atoms with Crippen LogP contribution >= 0.6 is 11.8 Å². The summed E-state index contributed by atoms with van der Waals surface area (Å²) in [6.07, 6.45) is 8.06. The Balaban J connectivity index is 1.52. The van der Waals surface area contributed by atoms with Crippen LogP contribution in [-0.2, 0) is 14.4 Å². The van der Waals surface area contributed by atoms with Crippen LogP contribution in [-0.4, -0.2) is 80.9 Å². The van der Waals surface area contributed by atoms with Gasteiger partial charge in [-0.05, 0) is 35.7 Å². The fourth-order valence-corrected chi connectivity index (χ4v) is 9.28. The number of hydrogen-bond acceptors (Lipinski definition) is 5. The van der Waals surface area contributed by atoms with Gasteiger partial charge in [-0.3, -0.25) is 14.4 Å². The molecule has 1 unspecified atom stereocenters. The third kappa shape index (κ3) is 3.71. The molecule has 1 spiro atoms. The molecule has 39 heavy (non-hydrogen) atoms. The standard InChI is InChI=1S/C31H35N3O4S/c1-19(2)23(18-35)34-26-29(38)33(22-12-11-20-9-5-6-10-21(20)17-22)16-8-14-31(26)25(28(34)37)24-27(36)32(4)15-7-13-30(24,3)39-31/h5-14,17,19,23-26,35H,15-16,18H2,1-4H3/t23-,24-,25-,26?,30+,31-/m0/s1. The molecule has 0 aliphatic carbocycles. The molecule has 8 heteroatoms. The van der Waals surface area contributed by atoms with Crippen LogP contribution in [0.3, 0.4) is 0 Å². The van der Waals surface area contributed by atoms with Crippen molar-refractivity contribution in [3.05, 3.63) is 66.8 Å². The summed E-state index contributed by atoms with van der Waals surface area (Å²) in [5.41, 5.74) is 0.764. The van der Waals surface area contributed by atoms with Gasteiger partial charge in [-0.15, -0.1) is 11.8 Å². The Morgan fingerprint density at radius 3 is 2.38 bits per heavy atom. The van der Waals surface area contributed by atoms with E-state index in [1.54, 1.807) is 33.5 Å². The van der Waals surface area contributed by atoms with E-state index < -0.39 is 33.4 Å². The molecule has 2 aromatic rings. The number of nitrogens with zero attached hydrogens (tertiary/aromatic N) is 3. The Kier molecular flexibility index (Phi) is 6.19. The minimum Gasteiger partial charge on any atom is -0.394 e. The van der Waals surface area contributed by atoms with Gasteiger partial charge in [0.1, 0.15) is 6.04 Å². The highest BCUT2D eigenvalue weighted by Gasteiger charge is 2.74. The third-order valence-electron chi connectivity index (χ3n) is 9.05. The Morgan fingerprint density at radius 2 is 1.67 bits per heavy atom. The Hall–Kier alpha value is -3.10. The molecule has 0 aromatic heterocycles. The van der Waals surface area contributed by atoms with E-state index in [1.807, 2.05) is 81.5 Å². The van der Waals surface area contributed by atoms with Gasteiger partial charge in [0.05, 0.1) is 29.2 Å². The van der Waals surface area contributed by atoms with Crippen LogP contribution in [0.1, 0.15) is 20.8 Å². The largest absolute Gasteiger partial charge is 0.394 e. The molecular weight excluding hydrogens is 510 g/mol. The lowest BCUT2D eigenvalue weighted by Crippen LogP contribution is -2.58. The van der Waals surface area contributed by atoms with Gasteiger partial charge in [0.15, 0.2) is 0 Å². The fourth-order valence-electron chi connectivity index (χ4n) is 7.14. The molecule has 2 fully saturated rings. The van der Waals surface area contributed by atoms with Crippen LogP contribution in [0.4, 0.5) is 5.69 Å². The van der Waals surface area contributed by atoms with Crippen molar-refractivity contribution in [3.63, 3.8) is 0 Å². The molecule has 204 valence electrons. The first-order valence-corrected chi connectivity index (χ1v) is 14.5. The summed E-state index contributed by atoms with van der Waals surface area (Å²) in [5.74, 6) is -1.87. The van der Waals surface area contributed by atoms with E-state index in [-0.39, 0.29) is 30.2 Å². The first kappa shape index (κ1) is 26.1. The number of carbonyl (C=O) groups excluding carboxylic acids is 3. The lowest BCUT2D eigenvalue weighted by atomic mass is 9.74. The SMILES string of the molecule is CC(C)[C@H](CO)N1C(=O)[C@@H]2[C@H]3C(=O)N(C)CC=C[C@@]3(C)S[C@@]23C=CCN(c2ccc4ccccc4c2)C(=O)C13. The van der Waals surface area contributed by atoms with E-state index in [2.05, 4.69) is 6.08 Å². The van der Waals surface area contributed by atoms with Crippen LogP contribution in [0.25, 0.3) is 10.8 Å². The minimum absolute atomic E-state index is 0.0761. The second kappa shape index (κ2) is 9.24. The topological polar surface area (TPSA) is 81.2 Å². The van der Waals surface area contributed by atoms with Gasteiger partial charge in [0.25, 0.3) is 5.91 Å². The molecule has 3 amide bonds. The fraction of sp³-hybridized carbons (Fsp3) is 0.452. The summed E-state index contributed by atoms with van der Waals surface area (Å²) in [7, 11) is 1.77. The number of carbonyl (C=O) groups is 3. The van der Waals surface area contributed by atoms with Gasteiger partial charge in [0, 0.05) is 30.6 Å². The van der Waals surface area contributed by atoms with Crippen molar-refractivity contribution in [2.45, 2.75) is 42.3 Å². The summed E-state index contributed by atoms with van der Waals surface area (Å²) in [6, 6.07) is 12.6. The van der Waals surface area contributed by atoms with Crippen LogP contribution in [0.2, 0.25) is 0 Å². The van der Waals surface area contributed by atoms with Crippen molar-refractivity contribution in [2.75, 3.05) is 31.6 Å². The van der Waals surface area contributed by atoms with Gasteiger partial charge in [-0.2, -0.15) is 0 Å². The average Bonchev–Trinajstić information content (AvgIpc) is 3.18. The van der Waals surface area contributed by atoms with Crippen molar-refractivity contribution in [1.82, 2.24) is 9.80 Å². The smallest absolute Gasteiger partial charge is 0.251 e. The molecule has 1 N–H and O–H groups in total. The first-order valence-electron chi connectivity index (χ1n) is 13.7. The second-order valence-electron chi connectivity index (χ2n) is 11.7. The zero-order chi connectivity index (χ0) is 27.7. The maximum absolute atomic E-state index is 14.7. The average molecular weight is 546 g/mol. The number of fused-ring (bicyclic) bond motifs is 3. The zero-order valence-corrected chi connectivity index (χ0v) is 23.6. The summed E-state index contributed by atoms with van der Waals surface area (Å²) >= 11 is 1.57. The summed E-state index contributed by atoms with van der Waals surface area (Å²) in [6.45, 7) is 6.53. The molecular formula is C31H35N3O4S. The van der Waals surface area contributed by atoms with Gasteiger partial charge in [-0.1, -0.05) is 68.5 Å². The number of hydrogen-bond donors (Lipinski definition) is 1. The first-order chi connectivity index (χ1) is 18.6. The lowest BCUT2D eigenvalue weighted by molar-refractivity contribution is -0.145. The monoisotopic (exact) mass is 545 g/mol. The van der Waals surface area contributed by atoms with Gasteiger partial charge in [-0.25, -0.2) is 0 Å². The van der Waals surface area contributed by atoms with Crippen LogP contribution < -0.4 is 4.90 Å². The zero-order valence-electron chi connectivity index (χ0n) is 22.8. The molecule has 4 aliphatic heterocycles. The number of rotatable bonds is 4. The number of amides is 3. The Bertz CT molecular complexity index is 1420. The molecule has 4 aliphatic rings. The number of aliphatic hydroxyl groups excluding tert-OH is 1. The predicted molar refractivity (Wildman–Crippen MR) is 154 cm³/mol. The number of benzene rings is 2. The molecule has 2 saturated heterocycles. The summed E-state index contributed by atoms with van der Waals surface area (Å²) in [5, 5.41) is 12.6. The van der Waals surface area contributed by atoms with E-state index >= 15 is 0 Å². The molecule has 7 nitrogen and oxygen atoms in total. The summed E-state index contributed by atoms with van der Waals surface area (Å²) < 4.78 is -1.57. The van der Waals surface area contributed by atoms with E-state index in [4.69, 9.17) is 0 Å². The van der Waals surface area contributed by atoms with Crippen LogP contribution in [0.5, 0.6) is 0 Å². The van der Waals surface area contributed by atoms with Crippen molar-refractivity contribution in [2.24, 2.45) is 17.8 Å². The van der Waals surface area contributed by atoms with Gasteiger partial charge >= 0.3 is 0 Å². The van der Waals surface area contributed by atoms with E-state index in [0.717, 1.165) is 16.5 Å². The molecule has 4 heterocycles. The Labute approximate surface area is 233 Å². The molecule has 0 saturated carbocycles. The van der Waals surface area contributed by atoms with Gasteiger partial charge < -0.3 is 19.8 Å². The van der Waals surface area contributed by atoms with Crippen molar-refractivity contribution < 1.29 is 19.5 Å². The van der Waals surface area contributed by atoms with E-state index in [9.17, 15) is 19.5 Å². The van der Waals surface area contributed by atoms with Crippen LogP contribution in [0, 0.1) is 17.8 Å². The maximum Gasteiger partial charge on any atom is 0.251 e. The second-order valence-corrected chi connectivity index (χ2v) is 13.5. The highest BCUT2D eigenvalue weighted by atomic mass is 32.2.